The van der Waals surface area contributed by atoms with Crippen molar-refractivity contribution >= 4 is 0 Å². The second kappa shape index (κ2) is 11.3. The third kappa shape index (κ3) is 8.53. The van der Waals surface area contributed by atoms with E-state index in [2.05, 4.69) is 38.1 Å². The van der Waals surface area contributed by atoms with E-state index in [1.807, 2.05) is 36.4 Å². The van der Waals surface area contributed by atoms with Crippen molar-refractivity contribution < 1.29 is 0 Å². The van der Waals surface area contributed by atoms with Crippen LogP contribution in [0.15, 0.2) is 60.7 Å². The van der Waals surface area contributed by atoms with E-state index in [4.69, 9.17) is 0 Å². The minimum absolute atomic E-state index is 1.37. The minimum Gasteiger partial charge on any atom is -0.0623 e. The summed E-state index contributed by atoms with van der Waals surface area (Å²) in [6.07, 6.45) is 9.00. The van der Waals surface area contributed by atoms with Crippen molar-refractivity contribution in [3.05, 3.63) is 71.8 Å². The Bertz CT molecular complexity index is 368. The largest absolute Gasteiger partial charge is 0.0623 e. The SMILES string of the molecule is C1CCCCC1.Cc1ccccc1C.c1ccccc1. The van der Waals surface area contributed by atoms with Gasteiger partial charge in [-0.05, 0) is 25.0 Å². The Balaban J connectivity index is 0.000000152. The average Bonchev–Trinajstić information content (AvgIpc) is 2.55. The summed E-state index contributed by atoms with van der Waals surface area (Å²) in [7, 11) is 0. The maximum Gasteiger partial charge on any atom is -0.0395 e. The van der Waals surface area contributed by atoms with E-state index >= 15 is 0 Å². The summed E-state index contributed by atoms with van der Waals surface area (Å²) in [5.41, 5.74) is 2.74. The van der Waals surface area contributed by atoms with E-state index < -0.39 is 0 Å². The lowest BCUT2D eigenvalue weighted by Crippen LogP contribution is -1.85. The molecule has 2 aromatic rings. The van der Waals surface area contributed by atoms with Crippen molar-refractivity contribution in [3.8, 4) is 0 Å². The summed E-state index contributed by atoms with van der Waals surface area (Å²) in [6.45, 7) is 4.24. The molecule has 0 bridgehead atoms. The fourth-order valence-corrected chi connectivity index (χ4v) is 2.11. The highest BCUT2D eigenvalue weighted by Gasteiger charge is 1.95. The van der Waals surface area contributed by atoms with Crippen LogP contribution in [-0.2, 0) is 0 Å². The molecular weight excluding hydrogens is 240 g/mol. The first-order valence-corrected chi connectivity index (χ1v) is 7.83. The van der Waals surface area contributed by atoms with E-state index in [9.17, 15) is 0 Å². The van der Waals surface area contributed by atoms with Gasteiger partial charge in [0.1, 0.15) is 0 Å². The lowest BCUT2D eigenvalue weighted by atomic mass is 10.0. The highest BCUT2D eigenvalue weighted by atomic mass is 14.0. The molecule has 0 aromatic heterocycles. The van der Waals surface area contributed by atoms with Crippen LogP contribution in [0.1, 0.15) is 49.7 Å². The molecule has 1 aliphatic carbocycles. The van der Waals surface area contributed by atoms with Crippen molar-refractivity contribution in [2.75, 3.05) is 0 Å². The van der Waals surface area contributed by atoms with Crippen LogP contribution in [0.2, 0.25) is 0 Å². The Kier molecular flexibility index (Phi) is 9.30. The first-order chi connectivity index (χ1) is 9.80. The van der Waals surface area contributed by atoms with Gasteiger partial charge in [-0.3, -0.25) is 0 Å². The quantitative estimate of drug-likeness (QED) is 0.523. The standard InChI is InChI=1S/C8H10.C6H12.C6H6/c1-7-5-3-4-6-8(7)2;2*1-2-4-6-5-3-1/h3-6H,1-2H3;1-6H2;1-6H. The van der Waals surface area contributed by atoms with Crippen LogP contribution in [0.3, 0.4) is 0 Å². The van der Waals surface area contributed by atoms with E-state index in [-0.39, 0.29) is 0 Å². The van der Waals surface area contributed by atoms with E-state index in [0.717, 1.165) is 0 Å². The Morgan fingerprint density at radius 1 is 0.450 bits per heavy atom. The van der Waals surface area contributed by atoms with Gasteiger partial charge in [0.25, 0.3) is 0 Å². The Labute approximate surface area is 124 Å². The molecule has 1 saturated carbocycles. The van der Waals surface area contributed by atoms with Crippen LogP contribution in [0.5, 0.6) is 0 Å². The summed E-state index contributed by atoms with van der Waals surface area (Å²) in [6, 6.07) is 20.4. The fourth-order valence-electron chi connectivity index (χ4n) is 2.11. The van der Waals surface area contributed by atoms with Gasteiger partial charge in [-0.1, -0.05) is 99.2 Å². The zero-order valence-electron chi connectivity index (χ0n) is 13.0. The average molecular weight is 268 g/mol. The first-order valence-electron chi connectivity index (χ1n) is 7.83. The molecule has 0 atom stereocenters. The zero-order chi connectivity index (χ0) is 14.5. The number of rotatable bonds is 0. The molecule has 1 aliphatic rings. The third-order valence-corrected chi connectivity index (χ3v) is 3.59. The Morgan fingerprint density at radius 2 is 0.700 bits per heavy atom. The van der Waals surface area contributed by atoms with Crippen LogP contribution in [0.4, 0.5) is 0 Å². The first kappa shape index (κ1) is 16.5. The highest BCUT2D eigenvalue weighted by molar-refractivity contribution is 5.23. The van der Waals surface area contributed by atoms with Crippen molar-refractivity contribution in [1.29, 1.82) is 0 Å². The van der Waals surface area contributed by atoms with Crippen LogP contribution >= 0.6 is 0 Å². The molecule has 0 saturated heterocycles. The number of aryl methyl sites for hydroxylation is 2. The molecule has 0 radical (unpaired) electrons. The summed E-state index contributed by atoms with van der Waals surface area (Å²) >= 11 is 0. The molecule has 2 aromatic carbocycles. The van der Waals surface area contributed by atoms with Gasteiger partial charge in [-0.2, -0.15) is 0 Å². The van der Waals surface area contributed by atoms with Crippen LogP contribution < -0.4 is 0 Å². The number of hydrogen-bond acceptors (Lipinski definition) is 0. The van der Waals surface area contributed by atoms with E-state index in [1.54, 1.807) is 0 Å². The molecule has 0 heteroatoms. The molecule has 0 spiro atoms. The van der Waals surface area contributed by atoms with Crippen LogP contribution in [0.25, 0.3) is 0 Å². The van der Waals surface area contributed by atoms with Gasteiger partial charge in [-0.15, -0.1) is 0 Å². The molecule has 0 aliphatic heterocycles. The normalized spacial score (nSPS) is 13.3. The van der Waals surface area contributed by atoms with Gasteiger partial charge in [0.15, 0.2) is 0 Å². The molecular formula is C20H28. The molecule has 3 rings (SSSR count). The Morgan fingerprint density at radius 3 is 0.900 bits per heavy atom. The molecule has 0 heterocycles. The molecule has 0 nitrogen and oxygen atoms in total. The predicted molar refractivity (Wildman–Crippen MR) is 90.1 cm³/mol. The van der Waals surface area contributed by atoms with Gasteiger partial charge in [0.2, 0.25) is 0 Å². The maximum absolute atomic E-state index is 2.12. The van der Waals surface area contributed by atoms with Gasteiger partial charge >= 0.3 is 0 Å². The molecule has 108 valence electrons. The van der Waals surface area contributed by atoms with Gasteiger partial charge in [0, 0.05) is 0 Å². The van der Waals surface area contributed by atoms with Gasteiger partial charge in [-0.25, -0.2) is 0 Å². The van der Waals surface area contributed by atoms with E-state index in [1.165, 1.54) is 49.7 Å². The second-order valence-corrected chi connectivity index (χ2v) is 5.36. The van der Waals surface area contributed by atoms with Crippen molar-refractivity contribution in [2.24, 2.45) is 0 Å². The predicted octanol–water partition coefficient (Wildman–Crippen LogP) is 6.33. The lowest BCUT2D eigenvalue weighted by Gasteiger charge is -2.05. The molecule has 0 N–H and O–H groups in total. The summed E-state index contributed by atoms with van der Waals surface area (Å²) in [5.74, 6) is 0. The summed E-state index contributed by atoms with van der Waals surface area (Å²) in [4.78, 5) is 0. The van der Waals surface area contributed by atoms with Crippen molar-refractivity contribution in [3.63, 3.8) is 0 Å². The highest BCUT2D eigenvalue weighted by Crippen LogP contribution is 2.15. The van der Waals surface area contributed by atoms with Gasteiger partial charge < -0.3 is 0 Å². The summed E-state index contributed by atoms with van der Waals surface area (Å²) < 4.78 is 0. The van der Waals surface area contributed by atoms with E-state index in [0.29, 0.717) is 0 Å². The number of benzene rings is 2. The maximum atomic E-state index is 2.12. The fraction of sp³-hybridized carbons (Fsp3) is 0.400. The Hall–Kier alpha value is -1.56. The van der Waals surface area contributed by atoms with Crippen molar-refractivity contribution in [2.45, 2.75) is 52.4 Å². The molecule has 0 unspecified atom stereocenters. The second-order valence-electron chi connectivity index (χ2n) is 5.36. The van der Waals surface area contributed by atoms with Crippen LogP contribution in [-0.4, -0.2) is 0 Å². The summed E-state index contributed by atoms with van der Waals surface area (Å²) in [5, 5.41) is 0. The lowest BCUT2D eigenvalue weighted by molar-refractivity contribution is 0.504. The van der Waals surface area contributed by atoms with Crippen LogP contribution in [0, 0.1) is 13.8 Å². The smallest absolute Gasteiger partial charge is 0.0395 e. The topological polar surface area (TPSA) is 0 Å². The molecule has 1 fully saturated rings. The monoisotopic (exact) mass is 268 g/mol. The minimum atomic E-state index is 1.37. The zero-order valence-corrected chi connectivity index (χ0v) is 13.0. The third-order valence-electron chi connectivity index (χ3n) is 3.59. The molecule has 0 amide bonds. The number of hydrogen-bond donors (Lipinski definition) is 0. The van der Waals surface area contributed by atoms with Gasteiger partial charge in [0.05, 0.1) is 0 Å². The van der Waals surface area contributed by atoms with Crippen molar-refractivity contribution in [1.82, 2.24) is 0 Å². The molecule has 20 heavy (non-hydrogen) atoms.